The molecular formula is C11H12N2O. The minimum atomic E-state index is 0.559. The van der Waals surface area contributed by atoms with Crippen LogP contribution in [0.4, 0.5) is 5.69 Å². The zero-order valence-electron chi connectivity index (χ0n) is 7.79. The molecule has 0 atom stereocenters. The lowest BCUT2D eigenvalue weighted by molar-refractivity contribution is 0.403. The second kappa shape index (κ2) is 3.46. The molecule has 14 heavy (non-hydrogen) atoms. The monoisotopic (exact) mass is 188 g/mol. The van der Waals surface area contributed by atoms with E-state index in [-0.39, 0.29) is 0 Å². The Morgan fingerprint density at radius 1 is 1.43 bits per heavy atom. The second-order valence-electron chi connectivity index (χ2n) is 3.05. The summed E-state index contributed by atoms with van der Waals surface area (Å²) >= 11 is 0. The average molecular weight is 188 g/mol. The fourth-order valence-corrected chi connectivity index (χ4v) is 1.34. The molecule has 0 aromatic heterocycles. The van der Waals surface area contributed by atoms with Crippen molar-refractivity contribution in [1.82, 2.24) is 0 Å². The van der Waals surface area contributed by atoms with Crippen molar-refractivity contribution < 1.29 is 4.74 Å². The van der Waals surface area contributed by atoms with Crippen LogP contribution in [0.25, 0.3) is 0 Å². The Kier molecular flexibility index (Phi) is 2.14. The van der Waals surface area contributed by atoms with Gasteiger partial charge in [-0.25, -0.2) is 0 Å². The first-order valence-electron chi connectivity index (χ1n) is 4.44. The van der Waals surface area contributed by atoms with Gasteiger partial charge in [-0.1, -0.05) is 18.2 Å². The van der Waals surface area contributed by atoms with Crippen LogP contribution in [0.2, 0.25) is 0 Å². The number of nitrogens with two attached hydrogens (primary N) is 1. The highest BCUT2D eigenvalue weighted by Crippen LogP contribution is 2.31. The van der Waals surface area contributed by atoms with Crippen LogP contribution in [0.3, 0.4) is 0 Å². The molecule has 0 aliphatic carbocycles. The maximum Gasteiger partial charge on any atom is 0.150 e. The van der Waals surface area contributed by atoms with Gasteiger partial charge in [-0.3, -0.25) is 0 Å². The third-order valence-electron chi connectivity index (χ3n) is 2.02. The lowest BCUT2D eigenvalue weighted by atomic mass is 10.2. The molecule has 0 saturated carbocycles. The quantitative estimate of drug-likeness (QED) is 0.699. The smallest absolute Gasteiger partial charge is 0.150 e. The standard InChI is InChI=1S/C11H12N2O/c1-2-5-10-11(12)13-8-6-3-4-7-9(8)14-10/h2-4,6-7,13H,1,5,12H2. The van der Waals surface area contributed by atoms with Gasteiger partial charge in [0.1, 0.15) is 11.6 Å². The molecule has 1 aliphatic rings. The Hall–Kier alpha value is -1.90. The van der Waals surface area contributed by atoms with Gasteiger partial charge in [-0.2, -0.15) is 0 Å². The Morgan fingerprint density at radius 2 is 2.21 bits per heavy atom. The van der Waals surface area contributed by atoms with Crippen molar-refractivity contribution in [3.8, 4) is 5.75 Å². The van der Waals surface area contributed by atoms with Crippen LogP contribution < -0.4 is 15.8 Å². The molecule has 0 fully saturated rings. The SMILES string of the molecule is C=CCC1=C(N)Nc2ccccc2O1. The molecule has 3 nitrogen and oxygen atoms in total. The number of hydrogen-bond acceptors (Lipinski definition) is 3. The van der Waals surface area contributed by atoms with Crippen molar-refractivity contribution in [1.29, 1.82) is 0 Å². The molecule has 1 aliphatic heterocycles. The zero-order chi connectivity index (χ0) is 9.97. The number of rotatable bonds is 2. The highest BCUT2D eigenvalue weighted by Gasteiger charge is 2.15. The third-order valence-corrected chi connectivity index (χ3v) is 2.02. The van der Waals surface area contributed by atoms with Gasteiger partial charge in [-0.05, 0) is 12.1 Å². The van der Waals surface area contributed by atoms with E-state index in [9.17, 15) is 0 Å². The highest BCUT2D eigenvalue weighted by molar-refractivity contribution is 5.62. The summed E-state index contributed by atoms with van der Waals surface area (Å²) < 4.78 is 5.61. The normalized spacial score (nSPS) is 14.0. The predicted molar refractivity (Wildman–Crippen MR) is 56.7 cm³/mol. The van der Waals surface area contributed by atoms with Crippen LogP contribution in [-0.4, -0.2) is 0 Å². The summed E-state index contributed by atoms with van der Waals surface area (Å²) in [5, 5.41) is 3.08. The number of benzene rings is 1. The Balaban J connectivity index is 2.31. The highest BCUT2D eigenvalue weighted by atomic mass is 16.5. The van der Waals surface area contributed by atoms with Crippen LogP contribution in [-0.2, 0) is 0 Å². The summed E-state index contributed by atoms with van der Waals surface area (Å²) in [5.41, 5.74) is 6.68. The van der Waals surface area contributed by atoms with E-state index in [1.165, 1.54) is 0 Å². The Morgan fingerprint density at radius 3 is 3.00 bits per heavy atom. The molecule has 0 bridgehead atoms. The van der Waals surface area contributed by atoms with Crippen LogP contribution in [0.5, 0.6) is 5.75 Å². The molecule has 0 spiro atoms. The molecule has 0 unspecified atom stereocenters. The first-order valence-corrected chi connectivity index (χ1v) is 4.44. The van der Waals surface area contributed by atoms with E-state index in [0.29, 0.717) is 12.2 Å². The summed E-state index contributed by atoms with van der Waals surface area (Å²) in [7, 11) is 0. The van der Waals surface area contributed by atoms with Crippen molar-refractivity contribution in [3.05, 3.63) is 48.5 Å². The number of fused-ring (bicyclic) bond motifs is 1. The number of nitrogens with one attached hydrogen (secondary N) is 1. The van der Waals surface area contributed by atoms with Gasteiger partial charge >= 0.3 is 0 Å². The van der Waals surface area contributed by atoms with Crippen molar-refractivity contribution in [2.75, 3.05) is 5.32 Å². The maximum atomic E-state index is 5.78. The number of allylic oxidation sites excluding steroid dienone is 1. The fraction of sp³-hybridized carbons (Fsp3) is 0.0909. The van der Waals surface area contributed by atoms with E-state index in [0.717, 1.165) is 17.2 Å². The molecular weight excluding hydrogens is 176 g/mol. The molecule has 3 N–H and O–H groups in total. The molecule has 0 amide bonds. The largest absolute Gasteiger partial charge is 0.455 e. The number of para-hydroxylation sites is 2. The Bertz CT molecular complexity index is 396. The van der Waals surface area contributed by atoms with Crippen LogP contribution in [0, 0.1) is 0 Å². The Labute approximate surface area is 82.9 Å². The van der Waals surface area contributed by atoms with E-state index in [4.69, 9.17) is 10.5 Å². The minimum absolute atomic E-state index is 0.559. The first kappa shape index (κ1) is 8.69. The topological polar surface area (TPSA) is 47.3 Å². The molecule has 0 radical (unpaired) electrons. The van der Waals surface area contributed by atoms with E-state index in [1.807, 2.05) is 24.3 Å². The van der Waals surface area contributed by atoms with E-state index < -0.39 is 0 Å². The molecule has 2 rings (SSSR count). The van der Waals surface area contributed by atoms with Gasteiger partial charge in [0.2, 0.25) is 0 Å². The van der Waals surface area contributed by atoms with E-state index in [1.54, 1.807) is 6.08 Å². The van der Waals surface area contributed by atoms with Gasteiger partial charge < -0.3 is 15.8 Å². The van der Waals surface area contributed by atoms with Crippen molar-refractivity contribution in [2.24, 2.45) is 5.73 Å². The lowest BCUT2D eigenvalue weighted by Gasteiger charge is -2.21. The van der Waals surface area contributed by atoms with Crippen LogP contribution in [0.1, 0.15) is 6.42 Å². The van der Waals surface area contributed by atoms with Crippen LogP contribution >= 0.6 is 0 Å². The predicted octanol–water partition coefficient (Wildman–Crippen LogP) is 2.19. The molecule has 0 saturated heterocycles. The van der Waals surface area contributed by atoms with Crippen LogP contribution in [0.15, 0.2) is 48.5 Å². The maximum absolute atomic E-state index is 5.78. The summed E-state index contributed by atoms with van der Waals surface area (Å²) in [6.45, 7) is 3.65. The van der Waals surface area contributed by atoms with Gasteiger partial charge in [-0.15, -0.1) is 6.58 Å². The minimum Gasteiger partial charge on any atom is -0.455 e. The number of ether oxygens (including phenoxy) is 1. The fourth-order valence-electron chi connectivity index (χ4n) is 1.34. The van der Waals surface area contributed by atoms with E-state index >= 15 is 0 Å². The van der Waals surface area contributed by atoms with Gasteiger partial charge in [0, 0.05) is 6.42 Å². The summed E-state index contributed by atoms with van der Waals surface area (Å²) in [6, 6.07) is 7.68. The number of hydrogen-bond donors (Lipinski definition) is 2. The molecule has 1 aromatic rings. The summed E-state index contributed by atoms with van der Waals surface area (Å²) in [5.74, 6) is 2.08. The van der Waals surface area contributed by atoms with Gasteiger partial charge in [0.25, 0.3) is 0 Å². The first-order chi connectivity index (χ1) is 6.81. The molecule has 1 heterocycles. The second-order valence-corrected chi connectivity index (χ2v) is 3.05. The van der Waals surface area contributed by atoms with Gasteiger partial charge in [0.15, 0.2) is 5.75 Å². The molecule has 72 valence electrons. The lowest BCUT2D eigenvalue weighted by Crippen LogP contribution is -2.20. The summed E-state index contributed by atoms with van der Waals surface area (Å²) in [6.07, 6.45) is 2.39. The van der Waals surface area contributed by atoms with E-state index in [2.05, 4.69) is 11.9 Å². The third kappa shape index (κ3) is 1.44. The summed E-state index contributed by atoms with van der Waals surface area (Å²) in [4.78, 5) is 0. The van der Waals surface area contributed by atoms with Crippen molar-refractivity contribution in [2.45, 2.75) is 6.42 Å². The number of anilines is 1. The zero-order valence-corrected chi connectivity index (χ0v) is 7.79. The van der Waals surface area contributed by atoms with Crippen molar-refractivity contribution >= 4 is 5.69 Å². The molecule has 3 heteroatoms. The molecule has 1 aromatic carbocycles. The average Bonchev–Trinajstić information content (AvgIpc) is 2.19. The van der Waals surface area contributed by atoms with Crippen molar-refractivity contribution in [3.63, 3.8) is 0 Å². The van der Waals surface area contributed by atoms with Gasteiger partial charge in [0.05, 0.1) is 5.69 Å².